The molecule has 2 N–H and O–H groups in total. The summed E-state index contributed by atoms with van der Waals surface area (Å²) < 4.78 is 99.9. The van der Waals surface area contributed by atoms with E-state index in [2.05, 4.69) is 10.3 Å². The minimum Gasteiger partial charge on any atom is -0.351 e. The Labute approximate surface area is 216 Å². The summed E-state index contributed by atoms with van der Waals surface area (Å²) in [5.74, 6) is -7.72. The molecular weight excluding hydrogens is 535 g/mol. The van der Waals surface area contributed by atoms with Crippen LogP contribution in [0.15, 0.2) is 29.2 Å². The van der Waals surface area contributed by atoms with Gasteiger partial charge in [0, 0.05) is 44.0 Å². The lowest BCUT2D eigenvalue weighted by atomic mass is 10.1. The summed E-state index contributed by atoms with van der Waals surface area (Å²) in [6.07, 6.45) is -3.76. The number of halogens is 7. The molecule has 2 atom stereocenters. The summed E-state index contributed by atoms with van der Waals surface area (Å²) in [6, 6.07) is -0.903. The van der Waals surface area contributed by atoms with E-state index in [1.165, 1.54) is 0 Å². The van der Waals surface area contributed by atoms with E-state index in [0.29, 0.717) is 42.5 Å². The van der Waals surface area contributed by atoms with Crippen molar-refractivity contribution in [2.45, 2.75) is 38.0 Å². The normalized spacial score (nSPS) is 18.9. The number of anilines is 1. The molecule has 7 nitrogen and oxygen atoms in total. The second-order valence-electron chi connectivity index (χ2n) is 9.76. The first-order chi connectivity index (χ1) is 18.3. The Morgan fingerprint density at radius 3 is 2.36 bits per heavy atom. The van der Waals surface area contributed by atoms with Crippen LogP contribution in [0.5, 0.6) is 0 Å². The molecule has 1 aliphatic carbocycles. The van der Waals surface area contributed by atoms with Gasteiger partial charge in [-0.25, -0.2) is 22.5 Å². The topological polar surface area (TPSA) is 79.3 Å². The van der Waals surface area contributed by atoms with E-state index in [-0.39, 0.29) is 24.7 Å². The van der Waals surface area contributed by atoms with Gasteiger partial charge in [-0.2, -0.15) is 13.2 Å². The van der Waals surface area contributed by atoms with Crippen LogP contribution in [0, 0.1) is 29.2 Å². The lowest BCUT2D eigenvalue weighted by Crippen LogP contribution is -2.50. The van der Waals surface area contributed by atoms with Crippen molar-refractivity contribution >= 4 is 22.8 Å². The van der Waals surface area contributed by atoms with Gasteiger partial charge in [0.1, 0.15) is 23.1 Å². The fourth-order valence-corrected chi connectivity index (χ4v) is 4.77. The third-order valence-corrected chi connectivity index (χ3v) is 6.78. The maximum atomic E-state index is 15.3. The largest absolute Gasteiger partial charge is 0.408 e. The van der Waals surface area contributed by atoms with Crippen LogP contribution < -0.4 is 21.0 Å². The van der Waals surface area contributed by atoms with Crippen molar-refractivity contribution in [3.05, 3.63) is 63.5 Å². The lowest BCUT2D eigenvalue weighted by molar-refractivity contribution is -0.158. The van der Waals surface area contributed by atoms with Crippen molar-refractivity contribution < 1.29 is 35.5 Å². The second kappa shape index (κ2) is 9.81. The van der Waals surface area contributed by atoms with E-state index in [4.69, 9.17) is 0 Å². The summed E-state index contributed by atoms with van der Waals surface area (Å²) >= 11 is 0. The van der Waals surface area contributed by atoms with Gasteiger partial charge in [-0.1, -0.05) is 0 Å². The molecule has 14 heteroatoms. The first-order valence-corrected chi connectivity index (χ1v) is 12.1. The van der Waals surface area contributed by atoms with E-state index in [9.17, 15) is 35.9 Å². The monoisotopic (exact) mass is 557 g/mol. The molecule has 0 bridgehead atoms. The molecule has 0 unspecified atom stereocenters. The van der Waals surface area contributed by atoms with E-state index in [1.54, 1.807) is 10.2 Å². The van der Waals surface area contributed by atoms with Crippen LogP contribution in [-0.4, -0.2) is 53.4 Å². The van der Waals surface area contributed by atoms with E-state index < -0.39 is 75.0 Å². The number of hydrogen-bond acceptors (Lipinski definition) is 5. The molecule has 3 aromatic rings. The summed E-state index contributed by atoms with van der Waals surface area (Å²) in [4.78, 5) is 31.9. The van der Waals surface area contributed by atoms with Gasteiger partial charge >= 0.3 is 6.18 Å². The van der Waals surface area contributed by atoms with E-state index in [1.807, 2.05) is 6.92 Å². The number of rotatable bonds is 5. The van der Waals surface area contributed by atoms with Crippen LogP contribution >= 0.6 is 0 Å². The van der Waals surface area contributed by atoms with Crippen LogP contribution in [0.25, 0.3) is 16.7 Å². The first-order valence-electron chi connectivity index (χ1n) is 12.1. The molecule has 208 valence electrons. The van der Waals surface area contributed by atoms with Crippen molar-refractivity contribution in [1.29, 1.82) is 0 Å². The highest BCUT2D eigenvalue weighted by atomic mass is 19.4. The molecule has 1 aliphatic heterocycles. The van der Waals surface area contributed by atoms with Crippen molar-refractivity contribution in [3.63, 3.8) is 0 Å². The van der Waals surface area contributed by atoms with Gasteiger partial charge in [-0.15, -0.1) is 0 Å². The van der Waals surface area contributed by atoms with Crippen LogP contribution in [-0.2, 0) is 0 Å². The number of piperazine rings is 1. The maximum Gasteiger partial charge on any atom is 0.408 e. The lowest BCUT2D eigenvalue weighted by Gasteiger charge is -2.33. The minimum absolute atomic E-state index is 0.0658. The Bertz CT molecular complexity index is 1500. The minimum atomic E-state index is -4.81. The third kappa shape index (κ3) is 5.16. The molecule has 3 heterocycles. The number of hydrogen-bond donors (Lipinski definition) is 2. The van der Waals surface area contributed by atoms with Gasteiger partial charge in [-0.05, 0) is 31.7 Å². The summed E-state index contributed by atoms with van der Waals surface area (Å²) in [5, 5.41) is 4.34. The maximum absolute atomic E-state index is 15.3. The van der Waals surface area contributed by atoms with Gasteiger partial charge < -0.3 is 15.5 Å². The number of benzene rings is 1. The fourth-order valence-electron chi connectivity index (χ4n) is 4.77. The number of pyridine rings is 2. The molecule has 5 rings (SSSR count). The number of nitrogens with one attached hydrogen (secondary N) is 2. The van der Waals surface area contributed by atoms with Crippen molar-refractivity contribution in [1.82, 2.24) is 20.2 Å². The number of carbonyl (C=O) groups excluding carboxylic acids is 1. The van der Waals surface area contributed by atoms with E-state index >= 15 is 4.39 Å². The molecule has 1 amide bonds. The van der Waals surface area contributed by atoms with Gasteiger partial charge in [0.2, 0.25) is 5.43 Å². The number of alkyl halides is 3. The van der Waals surface area contributed by atoms with E-state index in [0.717, 1.165) is 6.07 Å². The molecule has 0 radical (unpaired) electrons. The summed E-state index contributed by atoms with van der Waals surface area (Å²) in [6.45, 7) is 2.92. The molecule has 1 aromatic carbocycles. The van der Waals surface area contributed by atoms with Gasteiger partial charge in [0.05, 0.1) is 5.39 Å². The van der Waals surface area contributed by atoms with Crippen molar-refractivity contribution in [2.75, 3.05) is 24.5 Å². The average Bonchev–Trinajstić information content (AvgIpc) is 3.67. The van der Waals surface area contributed by atoms with Crippen molar-refractivity contribution in [3.8, 4) is 5.69 Å². The number of nitrogens with zero attached hydrogens (tertiary/aromatic N) is 3. The molecule has 1 saturated carbocycles. The Hall–Kier alpha value is -3.68. The quantitative estimate of drug-likeness (QED) is 0.467. The van der Waals surface area contributed by atoms with Crippen LogP contribution in [0.3, 0.4) is 0 Å². The average molecular weight is 557 g/mol. The number of fused-ring (bicyclic) bond motifs is 1. The summed E-state index contributed by atoms with van der Waals surface area (Å²) in [7, 11) is 0. The zero-order chi connectivity index (χ0) is 28.2. The molecule has 2 aromatic heterocycles. The highest BCUT2D eigenvalue weighted by molar-refractivity contribution is 5.97. The molecule has 2 fully saturated rings. The zero-order valence-electron chi connectivity index (χ0n) is 20.4. The standard InChI is InChI=1S/C25H22F7N5O2/c1-11-9-36(5-4-33-11)23-18(29)8-14-20(38)15(24(39)34-21(12-2-3-12)25(30,31)32)10-37(22(14)35-23)19-16(27)6-13(26)7-17(19)28/h6-8,10-12,21,33H,2-5,9H2,1H3,(H,34,39)/t11-,21-/m0/s1. The highest BCUT2D eigenvalue weighted by Crippen LogP contribution is 2.40. The van der Waals surface area contributed by atoms with Gasteiger partial charge in [0.25, 0.3) is 5.91 Å². The molecule has 0 spiro atoms. The number of carbonyl (C=O) groups is 1. The Balaban J connectivity index is 1.72. The highest BCUT2D eigenvalue weighted by Gasteiger charge is 2.50. The predicted octanol–water partition coefficient (Wildman–Crippen LogP) is 3.81. The molecular formula is C25H22F7N5O2. The smallest absolute Gasteiger partial charge is 0.351 e. The molecule has 2 aliphatic rings. The first kappa shape index (κ1) is 26.9. The second-order valence-corrected chi connectivity index (χ2v) is 9.76. The third-order valence-electron chi connectivity index (χ3n) is 6.78. The summed E-state index contributed by atoms with van der Waals surface area (Å²) in [5.41, 5.74) is -3.54. The molecule has 39 heavy (non-hydrogen) atoms. The van der Waals surface area contributed by atoms with Crippen LogP contribution in [0.4, 0.5) is 36.6 Å². The number of amides is 1. The Kier molecular flexibility index (Phi) is 6.77. The Morgan fingerprint density at radius 1 is 1.10 bits per heavy atom. The SMILES string of the molecule is C[C@H]1CN(c2nc3c(cc2F)c(=O)c(C(=O)N[C@@H](C2CC2)C(F)(F)F)cn3-c2c(F)cc(F)cc2F)CCN1. The molecule has 1 saturated heterocycles. The number of aromatic nitrogens is 2. The fraction of sp³-hybridized carbons (Fsp3) is 0.400. The van der Waals surface area contributed by atoms with Crippen LogP contribution in [0.2, 0.25) is 0 Å². The van der Waals surface area contributed by atoms with Crippen molar-refractivity contribution in [2.24, 2.45) is 5.92 Å². The zero-order valence-corrected chi connectivity index (χ0v) is 20.4. The predicted molar refractivity (Wildman–Crippen MR) is 127 cm³/mol. The van der Waals surface area contributed by atoms with Gasteiger partial charge in [-0.3, -0.25) is 14.2 Å². The Morgan fingerprint density at radius 2 is 1.77 bits per heavy atom. The van der Waals surface area contributed by atoms with Gasteiger partial charge in [0.15, 0.2) is 28.9 Å². The van der Waals surface area contributed by atoms with Crippen LogP contribution in [0.1, 0.15) is 30.1 Å².